The first-order valence-corrected chi connectivity index (χ1v) is 5.44. The number of aliphatic hydroxyl groups excluding tert-OH is 1. The number of nitrogens with one attached hydrogen (secondary N) is 1. The summed E-state index contributed by atoms with van der Waals surface area (Å²) in [7, 11) is 0. The van der Waals surface area contributed by atoms with Crippen LogP contribution in [0.25, 0.3) is 0 Å². The fourth-order valence-electron chi connectivity index (χ4n) is 1.26. The second-order valence-electron chi connectivity index (χ2n) is 3.47. The minimum absolute atomic E-state index is 0.0395. The number of aromatic carboxylic acids is 1. The first-order valence-electron chi connectivity index (χ1n) is 5.44. The predicted molar refractivity (Wildman–Crippen MR) is 59.9 cm³/mol. The Labute approximate surface area is 99.2 Å². The van der Waals surface area contributed by atoms with E-state index in [-0.39, 0.29) is 12.2 Å². The highest BCUT2D eigenvalue weighted by Gasteiger charge is 2.07. The summed E-state index contributed by atoms with van der Waals surface area (Å²) in [6.45, 7) is 2.23. The molecule has 0 aliphatic rings. The lowest BCUT2D eigenvalue weighted by atomic mass is 10.3. The van der Waals surface area contributed by atoms with E-state index >= 15 is 0 Å². The lowest BCUT2D eigenvalue weighted by Crippen LogP contribution is -2.16. The number of carboxylic acids is 1. The monoisotopic (exact) mass is 243 g/mol. The van der Waals surface area contributed by atoms with Gasteiger partial charge in [-0.2, -0.15) is 0 Å². The maximum atomic E-state index is 10.6. The van der Waals surface area contributed by atoms with Crippen molar-refractivity contribution < 1.29 is 24.2 Å². The number of aliphatic hydroxyl groups is 1. The molecule has 0 saturated heterocycles. The van der Waals surface area contributed by atoms with Crippen molar-refractivity contribution in [3.05, 3.63) is 23.7 Å². The number of hydrogen-bond donors (Lipinski definition) is 3. The Balaban J connectivity index is 2.07. The van der Waals surface area contributed by atoms with Crippen molar-refractivity contribution in [2.24, 2.45) is 0 Å². The van der Waals surface area contributed by atoms with Gasteiger partial charge in [0.2, 0.25) is 0 Å². The second kappa shape index (κ2) is 7.83. The minimum atomic E-state index is -0.989. The zero-order valence-corrected chi connectivity index (χ0v) is 9.52. The van der Waals surface area contributed by atoms with Gasteiger partial charge in [-0.1, -0.05) is 0 Å². The summed E-state index contributed by atoms with van der Waals surface area (Å²) in [6.07, 6.45) is 2.05. The van der Waals surface area contributed by atoms with Gasteiger partial charge in [-0.25, -0.2) is 4.79 Å². The number of carbonyl (C=O) groups is 1. The molecule has 17 heavy (non-hydrogen) atoms. The van der Waals surface area contributed by atoms with Crippen molar-refractivity contribution in [3.63, 3.8) is 0 Å². The molecule has 3 N–H and O–H groups in total. The largest absolute Gasteiger partial charge is 0.478 e. The van der Waals surface area contributed by atoms with E-state index < -0.39 is 5.97 Å². The Morgan fingerprint density at radius 1 is 1.47 bits per heavy atom. The molecule has 1 heterocycles. The molecule has 0 fully saturated rings. The molecule has 1 aromatic heterocycles. The van der Waals surface area contributed by atoms with Gasteiger partial charge < -0.3 is 24.7 Å². The normalized spacial score (nSPS) is 10.6. The van der Waals surface area contributed by atoms with Crippen molar-refractivity contribution in [2.45, 2.75) is 13.0 Å². The van der Waals surface area contributed by atoms with Crippen molar-refractivity contribution in [1.82, 2.24) is 5.32 Å². The van der Waals surface area contributed by atoms with E-state index in [0.717, 1.165) is 13.0 Å². The summed E-state index contributed by atoms with van der Waals surface area (Å²) < 4.78 is 10.1. The van der Waals surface area contributed by atoms with Crippen LogP contribution in [0.5, 0.6) is 0 Å². The van der Waals surface area contributed by atoms with Crippen molar-refractivity contribution in [2.75, 3.05) is 26.4 Å². The summed E-state index contributed by atoms with van der Waals surface area (Å²) in [4.78, 5) is 10.6. The molecule has 0 bridgehead atoms. The van der Waals surface area contributed by atoms with Gasteiger partial charge in [0.15, 0.2) is 0 Å². The van der Waals surface area contributed by atoms with E-state index in [1.807, 2.05) is 0 Å². The molecule has 0 aromatic carbocycles. The molecule has 1 aromatic rings. The van der Waals surface area contributed by atoms with E-state index in [2.05, 4.69) is 5.32 Å². The standard InChI is InChI=1S/C11H17NO5/c13-3-5-16-4-1-2-12-7-10-6-9(8-17-10)11(14)15/h6,8,12-13H,1-5,7H2,(H,14,15). The van der Waals surface area contributed by atoms with Gasteiger partial charge in [0.25, 0.3) is 0 Å². The molecule has 0 aliphatic heterocycles. The van der Waals surface area contributed by atoms with Crippen LogP contribution in [0.3, 0.4) is 0 Å². The van der Waals surface area contributed by atoms with Crippen molar-refractivity contribution >= 4 is 5.97 Å². The van der Waals surface area contributed by atoms with Crippen LogP contribution in [0.15, 0.2) is 16.7 Å². The van der Waals surface area contributed by atoms with Crippen molar-refractivity contribution in [3.8, 4) is 0 Å². The number of ether oxygens (including phenoxy) is 1. The van der Waals surface area contributed by atoms with Gasteiger partial charge in [0, 0.05) is 6.61 Å². The Hall–Kier alpha value is -1.37. The molecule has 6 heteroatoms. The SMILES string of the molecule is O=C(O)c1coc(CNCCCOCCO)c1. The van der Waals surface area contributed by atoms with Crippen LogP contribution in [0, 0.1) is 0 Å². The van der Waals surface area contributed by atoms with E-state index in [1.165, 1.54) is 12.3 Å². The first kappa shape index (κ1) is 13.7. The van der Waals surface area contributed by atoms with Gasteiger partial charge in [0.1, 0.15) is 12.0 Å². The fraction of sp³-hybridized carbons (Fsp3) is 0.545. The highest BCUT2D eigenvalue weighted by atomic mass is 16.5. The fourth-order valence-corrected chi connectivity index (χ4v) is 1.26. The average Bonchev–Trinajstić information content (AvgIpc) is 2.77. The third kappa shape index (κ3) is 5.48. The molecule has 0 saturated carbocycles. The van der Waals surface area contributed by atoms with Gasteiger partial charge in [-0.15, -0.1) is 0 Å². The average molecular weight is 243 g/mol. The van der Waals surface area contributed by atoms with Crippen LogP contribution in [-0.4, -0.2) is 42.5 Å². The van der Waals surface area contributed by atoms with Gasteiger partial charge in [-0.05, 0) is 19.0 Å². The smallest absolute Gasteiger partial charge is 0.338 e. The number of hydrogen-bond acceptors (Lipinski definition) is 5. The lowest BCUT2D eigenvalue weighted by molar-refractivity contribution is 0.0696. The summed E-state index contributed by atoms with van der Waals surface area (Å²) in [5.74, 6) is -0.393. The molecule has 0 unspecified atom stereocenters. The van der Waals surface area contributed by atoms with Crippen LogP contribution in [0.2, 0.25) is 0 Å². The maximum Gasteiger partial charge on any atom is 0.338 e. The van der Waals surface area contributed by atoms with Crippen LogP contribution in [0.1, 0.15) is 22.5 Å². The summed E-state index contributed by atoms with van der Waals surface area (Å²) in [6, 6.07) is 1.50. The number of carboxylic acid groups (broad SMARTS) is 1. The van der Waals surface area contributed by atoms with Crippen LogP contribution < -0.4 is 5.32 Å². The van der Waals surface area contributed by atoms with E-state index in [0.29, 0.717) is 25.5 Å². The zero-order chi connectivity index (χ0) is 12.5. The molecule has 0 spiro atoms. The number of furan rings is 1. The highest BCUT2D eigenvalue weighted by Crippen LogP contribution is 2.07. The van der Waals surface area contributed by atoms with Gasteiger partial charge in [0.05, 0.1) is 25.3 Å². The molecule has 1 rings (SSSR count). The molecule has 0 amide bonds. The summed E-state index contributed by atoms with van der Waals surface area (Å²) >= 11 is 0. The third-order valence-electron chi connectivity index (χ3n) is 2.08. The molecule has 96 valence electrons. The van der Waals surface area contributed by atoms with Crippen molar-refractivity contribution in [1.29, 1.82) is 0 Å². The summed E-state index contributed by atoms with van der Waals surface area (Å²) in [5.41, 5.74) is 0.160. The van der Waals surface area contributed by atoms with Gasteiger partial charge in [-0.3, -0.25) is 0 Å². The second-order valence-corrected chi connectivity index (χ2v) is 3.47. The van der Waals surface area contributed by atoms with Gasteiger partial charge >= 0.3 is 5.97 Å². The molecule has 0 atom stereocenters. The predicted octanol–water partition coefficient (Wildman–Crippen LogP) is 0.466. The van der Waals surface area contributed by atoms with E-state index in [9.17, 15) is 4.79 Å². The quantitative estimate of drug-likeness (QED) is 0.546. The van der Waals surface area contributed by atoms with E-state index in [1.54, 1.807) is 0 Å². The lowest BCUT2D eigenvalue weighted by Gasteiger charge is -2.03. The van der Waals surface area contributed by atoms with Crippen LogP contribution >= 0.6 is 0 Å². The van der Waals surface area contributed by atoms with Crippen LogP contribution in [0.4, 0.5) is 0 Å². The first-order chi connectivity index (χ1) is 8.24. The Morgan fingerprint density at radius 3 is 2.94 bits per heavy atom. The summed E-state index contributed by atoms with van der Waals surface area (Å²) in [5, 5.41) is 20.2. The molecular formula is C11H17NO5. The number of rotatable bonds is 9. The Bertz CT molecular complexity index is 336. The zero-order valence-electron chi connectivity index (χ0n) is 9.52. The maximum absolute atomic E-state index is 10.6. The molecule has 0 radical (unpaired) electrons. The Morgan fingerprint density at radius 2 is 2.29 bits per heavy atom. The Kier molecular flexibility index (Phi) is 6.31. The molecular weight excluding hydrogens is 226 g/mol. The topological polar surface area (TPSA) is 91.9 Å². The van der Waals surface area contributed by atoms with E-state index in [4.69, 9.17) is 19.4 Å². The highest BCUT2D eigenvalue weighted by molar-refractivity contribution is 5.87. The minimum Gasteiger partial charge on any atom is -0.478 e. The molecule has 6 nitrogen and oxygen atoms in total. The van der Waals surface area contributed by atoms with Crippen LogP contribution in [-0.2, 0) is 11.3 Å². The third-order valence-corrected chi connectivity index (χ3v) is 2.08. The molecule has 0 aliphatic carbocycles.